The molecule has 0 saturated heterocycles. The zero-order valence-electron chi connectivity index (χ0n) is 12.2. The molecule has 0 heterocycles. The molecule has 0 atom stereocenters. The Morgan fingerprint density at radius 2 is 2.10 bits per heavy atom. The van der Waals surface area contributed by atoms with Crippen LogP contribution in [0.2, 0.25) is 5.02 Å². The van der Waals surface area contributed by atoms with Gasteiger partial charge in [0.05, 0.1) is 17.1 Å². The van der Waals surface area contributed by atoms with Gasteiger partial charge >= 0.3 is 5.97 Å². The number of esters is 1. The fraction of sp³-hybridized carbons (Fsp3) is 0.467. The van der Waals surface area contributed by atoms with E-state index >= 15 is 0 Å². The van der Waals surface area contributed by atoms with Gasteiger partial charge in [-0.1, -0.05) is 17.7 Å². The maximum atomic E-state index is 11.7. The van der Waals surface area contributed by atoms with Gasteiger partial charge in [-0.2, -0.15) is 5.26 Å². The van der Waals surface area contributed by atoms with E-state index in [2.05, 4.69) is 0 Å². The van der Waals surface area contributed by atoms with Gasteiger partial charge in [0.1, 0.15) is 11.7 Å². The third-order valence-electron chi connectivity index (χ3n) is 2.43. The lowest BCUT2D eigenvalue weighted by molar-refractivity contribution is -0.155. The Bertz CT molecular complexity index is 530. The molecule has 0 aliphatic rings. The smallest absolute Gasteiger partial charge is 0.320 e. The number of hydrogen-bond acceptors (Lipinski definition) is 4. The fourth-order valence-corrected chi connectivity index (χ4v) is 1.95. The van der Waals surface area contributed by atoms with Crippen molar-refractivity contribution in [3.05, 3.63) is 34.3 Å². The molecule has 4 nitrogen and oxygen atoms in total. The Kier molecular flexibility index (Phi) is 5.55. The number of nitriles is 1. The van der Waals surface area contributed by atoms with Gasteiger partial charge < -0.3 is 4.74 Å². The number of carbonyl (C=O) groups is 1. The molecule has 0 N–H and O–H groups in total. The highest BCUT2D eigenvalue weighted by Crippen LogP contribution is 2.18. The summed E-state index contributed by atoms with van der Waals surface area (Å²) < 4.78 is 5.26. The topological polar surface area (TPSA) is 53.3 Å². The minimum absolute atomic E-state index is 0.203. The van der Waals surface area contributed by atoms with Crippen LogP contribution in [0.5, 0.6) is 0 Å². The summed E-state index contributed by atoms with van der Waals surface area (Å²) in [6.07, 6.45) is 0. The number of likely N-dealkylation sites (N-methyl/N-ethyl adjacent to an activating group) is 1. The van der Waals surface area contributed by atoms with Gasteiger partial charge in [0, 0.05) is 6.54 Å². The molecule has 0 fully saturated rings. The standard InChI is InChI=1S/C15H19ClN2O2/c1-15(2,3)20-14(19)10-18(4)9-11-5-6-12(8-17)13(16)7-11/h5-7H,9-10H2,1-4H3. The first kappa shape index (κ1) is 16.5. The van der Waals surface area contributed by atoms with Crippen LogP contribution in [0.4, 0.5) is 0 Å². The summed E-state index contributed by atoms with van der Waals surface area (Å²) in [4.78, 5) is 13.5. The van der Waals surface area contributed by atoms with Gasteiger partial charge in [-0.3, -0.25) is 9.69 Å². The first-order valence-electron chi connectivity index (χ1n) is 6.30. The van der Waals surface area contributed by atoms with E-state index in [1.807, 2.05) is 44.9 Å². The zero-order valence-corrected chi connectivity index (χ0v) is 13.0. The maximum absolute atomic E-state index is 11.7. The second-order valence-corrected chi connectivity index (χ2v) is 6.09. The second-order valence-electron chi connectivity index (χ2n) is 5.68. The van der Waals surface area contributed by atoms with Crippen LogP contribution in [0.25, 0.3) is 0 Å². The molecular formula is C15H19ClN2O2. The third-order valence-corrected chi connectivity index (χ3v) is 2.74. The second kappa shape index (κ2) is 6.74. The molecule has 0 radical (unpaired) electrons. The summed E-state index contributed by atoms with van der Waals surface area (Å²) in [5.41, 5.74) is 0.917. The Morgan fingerprint density at radius 3 is 2.60 bits per heavy atom. The van der Waals surface area contributed by atoms with Crippen LogP contribution in [-0.4, -0.2) is 30.1 Å². The van der Waals surface area contributed by atoms with Crippen molar-refractivity contribution in [1.29, 1.82) is 5.26 Å². The van der Waals surface area contributed by atoms with E-state index in [1.54, 1.807) is 12.1 Å². The molecular weight excluding hydrogens is 276 g/mol. The summed E-state index contributed by atoms with van der Waals surface area (Å²) >= 11 is 5.97. The predicted molar refractivity (Wildman–Crippen MR) is 78.3 cm³/mol. The normalized spacial score (nSPS) is 11.2. The van der Waals surface area contributed by atoms with Crippen molar-refractivity contribution in [2.24, 2.45) is 0 Å². The quantitative estimate of drug-likeness (QED) is 0.801. The predicted octanol–water partition coefficient (Wildman–Crippen LogP) is 2.99. The largest absolute Gasteiger partial charge is 0.459 e. The van der Waals surface area contributed by atoms with E-state index < -0.39 is 5.60 Å². The van der Waals surface area contributed by atoms with E-state index in [0.717, 1.165) is 5.56 Å². The van der Waals surface area contributed by atoms with Gasteiger partial charge in [0.15, 0.2) is 0 Å². The third kappa shape index (κ3) is 5.60. The highest BCUT2D eigenvalue weighted by atomic mass is 35.5. The minimum atomic E-state index is -0.477. The summed E-state index contributed by atoms with van der Waals surface area (Å²) in [6, 6.07) is 7.26. The van der Waals surface area contributed by atoms with Crippen molar-refractivity contribution in [3.8, 4) is 6.07 Å². The molecule has 0 unspecified atom stereocenters. The van der Waals surface area contributed by atoms with Crippen molar-refractivity contribution in [2.75, 3.05) is 13.6 Å². The molecule has 5 heteroatoms. The van der Waals surface area contributed by atoms with Crippen LogP contribution in [0.1, 0.15) is 31.9 Å². The molecule has 0 aliphatic heterocycles. The molecule has 0 aromatic heterocycles. The van der Waals surface area contributed by atoms with Gasteiger partial charge in [-0.25, -0.2) is 0 Å². The Morgan fingerprint density at radius 1 is 1.45 bits per heavy atom. The van der Waals surface area contributed by atoms with Crippen molar-refractivity contribution in [2.45, 2.75) is 32.9 Å². The molecule has 108 valence electrons. The molecule has 0 bridgehead atoms. The van der Waals surface area contributed by atoms with Crippen molar-refractivity contribution < 1.29 is 9.53 Å². The average Bonchev–Trinajstić information content (AvgIpc) is 2.25. The van der Waals surface area contributed by atoms with Gasteiger partial charge in [0.25, 0.3) is 0 Å². The first-order valence-corrected chi connectivity index (χ1v) is 6.68. The number of benzene rings is 1. The van der Waals surface area contributed by atoms with E-state index in [0.29, 0.717) is 17.1 Å². The lowest BCUT2D eigenvalue weighted by Gasteiger charge is -2.22. The number of halogens is 1. The molecule has 0 aliphatic carbocycles. The van der Waals surface area contributed by atoms with E-state index in [9.17, 15) is 4.79 Å². The molecule has 20 heavy (non-hydrogen) atoms. The summed E-state index contributed by atoms with van der Waals surface area (Å²) in [6.45, 7) is 6.28. The van der Waals surface area contributed by atoms with Gasteiger partial charge in [-0.05, 0) is 45.5 Å². The Hall–Kier alpha value is -1.57. The zero-order chi connectivity index (χ0) is 15.3. The van der Waals surface area contributed by atoms with Crippen molar-refractivity contribution in [3.63, 3.8) is 0 Å². The van der Waals surface area contributed by atoms with Crippen LogP contribution in [0.15, 0.2) is 18.2 Å². The van der Waals surface area contributed by atoms with E-state index in [1.165, 1.54) is 0 Å². The molecule has 0 amide bonds. The van der Waals surface area contributed by atoms with Crippen LogP contribution < -0.4 is 0 Å². The lowest BCUT2D eigenvalue weighted by Crippen LogP contribution is -2.32. The number of rotatable bonds is 4. The van der Waals surface area contributed by atoms with Crippen molar-refractivity contribution in [1.82, 2.24) is 4.90 Å². The molecule has 1 aromatic rings. The van der Waals surface area contributed by atoms with E-state index in [-0.39, 0.29) is 12.5 Å². The fourth-order valence-electron chi connectivity index (χ4n) is 1.71. The molecule has 0 spiro atoms. The SMILES string of the molecule is CN(CC(=O)OC(C)(C)C)Cc1ccc(C#N)c(Cl)c1. The van der Waals surface area contributed by atoms with Crippen LogP contribution in [0, 0.1) is 11.3 Å². The average molecular weight is 295 g/mol. The van der Waals surface area contributed by atoms with Crippen LogP contribution in [-0.2, 0) is 16.1 Å². The number of carbonyl (C=O) groups excluding carboxylic acids is 1. The van der Waals surface area contributed by atoms with E-state index in [4.69, 9.17) is 21.6 Å². The van der Waals surface area contributed by atoms with Crippen LogP contribution >= 0.6 is 11.6 Å². The summed E-state index contributed by atoms with van der Waals surface area (Å²) in [5.74, 6) is -0.264. The van der Waals surface area contributed by atoms with Gasteiger partial charge in [0.2, 0.25) is 0 Å². The number of ether oxygens (including phenoxy) is 1. The first-order chi connectivity index (χ1) is 9.21. The van der Waals surface area contributed by atoms with Crippen molar-refractivity contribution >= 4 is 17.6 Å². The summed E-state index contributed by atoms with van der Waals surface area (Å²) in [7, 11) is 1.83. The Balaban J connectivity index is 2.59. The highest BCUT2D eigenvalue weighted by Gasteiger charge is 2.17. The maximum Gasteiger partial charge on any atom is 0.320 e. The van der Waals surface area contributed by atoms with Gasteiger partial charge in [-0.15, -0.1) is 0 Å². The monoisotopic (exact) mass is 294 g/mol. The molecule has 0 saturated carbocycles. The lowest BCUT2D eigenvalue weighted by atomic mass is 10.1. The number of nitrogens with zero attached hydrogens (tertiary/aromatic N) is 2. The summed E-state index contributed by atoms with van der Waals surface area (Å²) in [5, 5.41) is 9.24. The minimum Gasteiger partial charge on any atom is -0.459 e. The van der Waals surface area contributed by atoms with Crippen LogP contribution in [0.3, 0.4) is 0 Å². The Labute approximate surface area is 124 Å². The highest BCUT2D eigenvalue weighted by molar-refractivity contribution is 6.31. The molecule has 1 rings (SSSR count). The molecule has 1 aromatic carbocycles. The number of hydrogen-bond donors (Lipinski definition) is 0.